The van der Waals surface area contributed by atoms with Crippen LogP contribution in [0.15, 0.2) is 30.5 Å². The first-order valence-corrected chi connectivity index (χ1v) is 6.68. The summed E-state index contributed by atoms with van der Waals surface area (Å²) in [6, 6.07) is 7.48. The minimum atomic E-state index is -0.171. The van der Waals surface area contributed by atoms with Crippen molar-refractivity contribution in [2.24, 2.45) is 0 Å². The Kier molecular flexibility index (Phi) is 4.37. The van der Waals surface area contributed by atoms with Gasteiger partial charge in [0.05, 0.1) is 0 Å². The van der Waals surface area contributed by atoms with Crippen molar-refractivity contribution < 1.29 is 4.39 Å². The van der Waals surface area contributed by atoms with Crippen LogP contribution >= 0.6 is 0 Å². The Labute approximate surface area is 108 Å². The molecule has 1 aromatic heterocycles. The minimum Gasteiger partial charge on any atom is -0.346 e. The molecule has 1 N–H and O–H groups in total. The second-order valence-electron chi connectivity index (χ2n) is 4.86. The summed E-state index contributed by atoms with van der Waals surface area (Å²) in [6.45, 7) is 6.28. The second kappa shape index (κ2) is 6.01. The second-order valence-corrected chi connectivity index (χ2v) is 4.86. The van der Waals surface area contributed by atoms with Crippen LogP contribution in [0.2, 0.25) is 0 Å². The number of rotatable bonds is 6. The third-order valence-corrected chi connectivity index (χ3v) is 3.30. The molecule has 0 spiro atoms. The molecule has 2 rings (SSSR count). The van der Waals surface area contributed by atoms with Crippen LogP contribution in [0.25, 0.3) is 10.9 Å². The molecule has 98 valence electrons. The molecule has 0 radical (unpaired) electrons. The molecule has 0 amide bonds. The van der Waals surface area contributed by atoms with Crippen LogP contribution in [0.3, 0.4) is 0 Å². The van der Waals surface area contributed by atoms with Gasteiger partial charge in [-0.2, -0.15) is 0 Å². The first-order chi connectivity index (χ1) is 8.70. The molecule has 0 aliphatic carbocycles. The monoisotopic (exact) mass is 248 g/mol. The lowest BCUT2D eigenvalue weighted by Gasteiger charge is -2.13. The van der Waals surface area contributed by atoms with Crippen molar-refractivity contribution in [1.82, 2.24) is 9.88 Å². The summed E-state index contributed by atoms with van der Waals surface area (Å²) < 4.78 is 15.2. The summed E-state index contributed by atoms with van der Waals surface area (Å²) in [6.07, 6.45) is 4.44. The molecule has 1 aromatic carbocycles. The number of hydrogen-bond acceptors (Lipinski definition) is 1. The van der Waals surface area contributed by atoms with Crippen LogP contribution in [0.4, 0.5) is 4.39 Å². The average molecular weight is 248 g/mol. The molecule has 0 bridgehead atoms. The quantitative estimate of drug-likeness (QED) is 0.827. The first kappa shape index (κ1) is 13.1. The van der Waals surface area contributed by atoms with E-state index in [-0.39, 0.29) is 5.82 Å². The van der Waals surface area contributed by atoms with Crippen molar-refractivity contribution in [2.45, 2.75) is 39.3 Å². The van der Waals surface area contributed by atoms with Gasteiger partial charge in [0.25, 0.3) is 0 Å². The van der Waals surface area contributed by atoms with Crippen LogP contribution in [-0.2, 0) is 6.54 Å². The van der Waals surface area contributed by atoms with E-state index in [0.717, 1.165) is 24.0 Å². The van der Waals surface area contributed by atoms with Crippen LogP contribution in [0.1, 0.15) is 26.7 Å². The predicted molar refractivity (Wildman–Crippen MR) is 74.3 cm³/mol. The molecule has 0 fully saturated rings. The number of hydrogen-bond donors (Lipinski definition) is 1. The van der Waals surface area contributed by atoms with E-state index in [9.17, 15) is 4.39 Å². The van der Waals surface area contributed by atoms with Crippen molar-refractivity contribution in [2.75, 3.05) is 6.54 Å². The number of nitrogens with zero attached hydrogens (tertiary/aromatic N) is 1. The van der Waals surface area contributed by atoms with E-state index in [1.165, 1.54) is 18.9 Å². The summed E-state index contributed by atoms with van der Waals surface area (Å²) in [5.74, 6) is -0.171. The van der Waals surface area contributed by atoms with Gasteiger partial charge < -0.3 is 9.88 Å². The molecule has 1 atom stereocenters. The Hall–Kier alpha value is -1.35. The molecule has 0 saturated heterocycles. The van der Waals surface area contributed by atoms with Crippen LogP contribution in [0.5, 0.6) is 0 Å². The van der Waals surface area contributed by atoms with E-state index in [0.29, 0.717) is 6.04 Å². The van der Waals surface area contributed by atoms with Gasteiger partial charge >= 0.3 is 0 Å². The number of aromatic nitrogens is 1. The molecule has 1 unspecified atom stereocenters. The Morgan fingerprint density at radius 2 is 2.17 bits per heavy atom. The standard InChI is InChI=1S/C15H21FN2/c1-3-4-12(2)17-8-10-18-9-7-13-11-14(16)5-6-15(13)18/h5-7,9,11-12,17H,3-4,8,10H2,1-2H3. The van der Waals surface area contributed by atoms with E-state index in [1.54, 1.807) is 6.07 Å². The summed E-state index contributed by atoms with van der Waals surface area (Å²) in [4.78, 5) is 0. The van der Waals surface area contributed by atoms with Gasteiger partial charge in [-0.05, 0) is 37.6 Å². The van der Waals surface area contributed by atoms with Gasteiger partial charge in [0.1, 0.15) is 5.82 Å². The maximum atomic E-state index is 13.1. The lowest BCUT2D eigenvalue weighted by atomic mass is 10.2. The van der Waals surface area contributed by atoms with Crippen LogP contribution in [0, 0.1) is 5.82 Å². The SMILES string of the molecule is CCCC(C)NCCn1ccc2cc(F)ccc21. The number of fused-ring (bicyclic) bond motifs is 1. The Balaban J connectivity index is 1.96. The average Bonchev–Trinajstić information content (AvgIpc) is 2.72. The molecule has 2 aromatic rings. The summed E-state index contributed by atoms with van der Waals surface area (Å²) in [5.41, 5.74) is 1.10. The predicted octanol–water partition coefficient (Wildman–Crippen LogP) is 3.56. The molecule has 0 saturated carbocycles. The Morgan fingerprint density at radius 1 is 1.33 bits per heavy atom. The Morgan fingerprint density at radius 3 is 2.94 bits per heavy atom. The zero-order valence-corrected chi connectivity index (χ0v) is 11.1. The van der Waals surface area contributed by atoms with Crippen molar-refractivity contribution in [3.05, 3.63) is 36.3 Å². The molecule has 0 aliphatic rings. The van der Waals surface area contributed by atoms with Crippen LogP contribution < -0.4 is 5.32 Å². The largest absolute Gasteiger partial charge is 0.346 e. The summed E-state index contributed by atoms with van der Waals surface area (Å²) in [7, 11) is 0. The van der Waals surface area contributed by atoms with E-state index in [1.807, 2.05) is 18.3 Å². The van der Waals surface area contributed by atoms with Gasteiger partial charge in [-0.25, -0.2) is 4.39 Å². The fourth-order valence-electron chi connectivity index (χ4n) is 2.33. The highest BCUT2D eigenvalue weighted by Crippen LogP contribution is 2.16. The molecule has 0 aliphatic heterocycles. The molecule has 3 heteroatoms. The summed E-state index contributed by atoms with van der Waals surface area (Å²) in [5, 5.41) is 4.47. The maximum Gasteiger partial charge on any atom is 0.123 e. The highest BCUT2D eigenvalue weighted by atomic mass is 19.1. The molecule has 18 heavy (non-hydrogen) atoms. The van der Waals surface area contributed by atoms with Gasteiger partial charge in [-0.3, -0.25) is 0 Å². The third kappa shape index (κ3) is 3.10. The van der Waals surface area contributed by atoms with E-state index in [2.05, 4.69) is 23.7 Å². The zero-order valence-electron chi connectivity index (χ0n) is 11.1. The van der Waals surface area contributed by atoms with Crippen molar-refractivity contribution in [1.29, 1.82) is 0 Å². The first-order valence-electron chi connectivity index (χ1n) is 6.68. The van der Waals surface area contributed by atoms with Crippen molar-refractivity contribution in [3.8, 4) is 0 Å². The fraction of sp³-hybridized carbons (Fsp3) is 0.467. The van der Waals surface area contributed by atoms with E-state index in [4.69, 9.17) is 0 Å². The molecular formula is C15H21FN2. The summed E-state index contributed by atoms with van der Waals surface area (Å²) >= 11 is 0. The highest BCUT2D eigenvalue weighted by Gasteiger charge is 2.03. The number of nitrogens with one attached hydrogen (secondary N) is 1. The van der Waals surface area contributed by atoms with Crippen molar-refractivity contribution >= 4 is 10.9 Å². The number of benzene rings is 1. The van der Waals surface area contributed by atoms with Crippen LogP contribution in [-0.4, -0.2) is 17.2 Å². The minimum absolute atomic E-state index is 0.171. The van der Waals surface area contributed by atoms with Gasteiger partial charge in [0, 0.05) is 36.2 Å². The van der Waals surface area contributed by atoms with Crippen molar-refractivity contribution in [3.63, 3.8) is 0 Å². The molecule has 2 nitrogen and oxygen atoms in total. The van der Waals surface area contributed by atoms with Gasteiger partial charge in [0.15, 0.2) is 0 Å². The van der Waals surface area contributed by atoms with Gasteiger partial charge in [-0.15, -0.1) is 0 Å². The fourth-order valence-corrected chi connectivity index (χ4v) is 2.33. The maximum absolute atomic E-state index is 13.1. The lowest BCUT2D eigenvalue weighted by Crippen LogP contribution is -2.29. The third-order valence-electron chi connectivity index (χ3n) is 3.30. The Bertz CT molecular complexity index is 504. The number of halogens is 1. The zero-order chi connectivity index (χ0) is 13.0. The lowest BCUT2D eigenvalue weighted by molar-refractivity contribution is 0.489. The van der Waals surface area contributed by atoms with Gasteiger partial charge in [0.2, 0.25) is 0 Å². The highest BCUT2D eigenvalue weighted by molar-refractivity contribution is 5.80. The molecule has 1 heterocycles. The normalized spacial score (nSPS) is 13.1. The van der Waals surface area contributed by atoms with E-state index >= 15 is 0 Å². The molecular weight excluding hydrogens is 227 g/mol. The topological polar surface area (TPSA) is 17.0 Å². The van der Waals surface area contributed by atoms with E-state index < -0.39 is 0 Å². The van der Waals surface area contributed by atoms with Gasteiger partial charge in [-0.1, -0.05) is 13.3 Å². The smallest absolute Gasteiger partial charge is 0.123 e.